The second-order valence-electron chi connectivity index (χ2n) is 7.84. The molecule has 5 heteroatoms. The summed E-state index contributed by atoms with van der Waals surface area (Å²) in [7, 11) is 0. The average molecular weight is 416 g/mol. The third-order valence-corrected chi connectivity index (χ3v) is 5.69. The van der Waals surface area contributed by atoms with E-state index in [9.17, 15) is 4.79 Å². The average Bonchev–Trinajstić information content (AvgIpc) is 2.81. The number of aryl methyl sites for hydroxylation is 1. The molecule has 0 spiro atoms. The molecule has 1 saturated heterocycles. The van der Waals surface area contributed by atoms with Crippen LogP contribution in [0.5, 0.6) is 5.75 Å². The number of amides is 1. The van der Waals surface area contributed by atoms with Gasteiger partial charge in [0.25, 0.3) is 5.91 Å². The van der Waals surface area contributed by atoms with Crippen molar-refractivity contribution in [1.82, 2.24) is 14.8 Å². The number of hydrogen-bond acceptors (Lipinski definition) is 4. The maximum Gasteiger partial charge on any atom is 0.255 e. The van der Waals surface area contributed by atoms with Gasteiger partial charge in [-0.15, -0.1) is 0 Å². The largest absolute Gasteiger partial charge is 0.494 e. The minimum absolute atomic E-state index is 0.0744. The third-order valence-electron chi connectivity index (χ3n) is 5.69. The molecule has 4 rings (SSSR count). The summed E-state index contributed by atoms with van der Waals surface area (Å²) in [5.74, 6) is 0.981. The highest BCUT2D eigenvalue weighted by molar-refractivity contribution is 5.95. The summed E-state index contributed by atoms with van der Waals surface area (Å²) in [4.78, 5) is 22.1. The predicted molar refractivity (Wildman–Crippen MR) is 123 cm³/mol. The van der Waals surface area contributed by atoms with E-state index in [1.165, 1.54) is 5.56 Å². The molecule has 0 bridgehead atoms. The van der Waals surface area contributed by atoms with Crippen molar-refractivity contribution in [2.24, 2.45) is 0 Å². The SMILES string of the molecule is CCOc1ccc(CN2CCN(C(=O)c3ccc(-c4ccccc4)nc3C)CC2)cc1. The van der Waals surface area contributed by atoms with Gasteiger partial charge in [-0.05, 0) is 43.7 Å². The van der Waals surface area contributed by atoms with Gasteiger partial charge in [0.1, 0.15) is 5.75 Å². The predicted octanol–water partition coefficient (Wildman–Crippen LogP) is 4.41. The molecule has 0 atom stereocenters. The maximum atomic E-state index is 13.1. The lowest BCUT2D eigenvalue weighted by molar-refractivity contribution is 0.0627. The van der Waals surface area contributed by atoms with E-state index >= 15 is 0 Å². The van der Waals surface area contributed by atoms with Crippen LogP contribution in [0.2, 0.25) is 0 Å². The zero-order chi connectivity index (χ0) is 21.6. The van der Waals surface area contributed by atoms with Gasteiger partial charge in [0.05, 0.1) is 23.6 Å². The highest BCUT2D eigenvalue weighted by atomic mass is 16.5. The number of benzene rings is 2. The van der Waals surface area contributed by atoms with E-state index in [4.69, 9.17) is 4.74 Å². The summed E-state index contributed by atoms with van der Waals surface area (Å²) in [5, 5.41) is 0. The molecule has 1 amide bonds. The first-order chi connectivity index (χ1) is 15.1. The summed E-state index contributed by atoms with van der Waals surface area (Å²) >= 11 is 0. The molecular formula is C26H29N3O2. The number of rotatable bonds is 6. The molecule has 0 N–H and O–H groups in total. The highest BCUT2D eigenvalue weighted by Gasteiger charge is 2.23. The van der Waals surface area contributed by atoms with E-state index in [0.717, 1.165) is 55.4 Å². The van der Waals surface area contributed by atoms with Crippen molar-refractivity contribution >= 4 is 5.91 Å². The van der Waals surface area contributed by atoms with Gasteiger partial charge in [0.15, 0.2) is 0 Å². The normalized spacial score (nSPS) is 14.5. The molecule has 160 valence electrons. The lowest BCUT2D eigenvalue weighted by atomic mass is 10.1. The van der Waals surface area contributed by atoms with Crippen molar-refractivity contribution in [3.63, 3.8) is 0 Å². The van der Waals surface area contributed by atoms with Crippen molar-refractivity contribution in [2.45, 2.75) is 20.4 Å². The van der Waals surface area contributed by atoms with E-state index in [2.05, 4.69) is 22.0 Å². The molecule has 0 aliphatic carbocycles. The molecule has 1 aliphatic rings. The molecule has 1 aromatic heterocycles. The molecular weight excluding hydrogens is 386 g/mol. The van der Waals surface area contributed by atoms with Crippen LogP contribution < -0.4 is 4.74 Å². The molecule has 31 heavy (non-hydrogen) atoms. The standard InChI is InChI=1S/C26H29N3O2/c1-3-31-23-11-9-21(10-12-23)19-28-15-17-29(18-16-28)26(30)24-13-14-25(27-20(24)2)22-7-5-4-6-8-22/h4-14H,3,15-19H2,1-2H3. The number of hydrogen-bond donors (Lipinski definition) is 0. The van der Waals surface area contributed by atoms with Crippen LogP contribution in [0.1, 0.15) is 28.5 Å². The molecule has 0 saturated carbocycles. The van der Waals surface area contributed by atoms with Crippen LogP contribution in [0, 0.1) is 6.92 Å². The van der Waals surface area contributed by atoms with Crippen LogP contribution >= 0.6 is 0 Å². The van der Waals surface area contributed by atoms with Gasteiger partial charge in [0, 0.05) is 38.3 Å². The van der Waals surface area contributed by atoms with Crippen molar-refractivity contribution in [2.75, 3.05) is 32.8 Å². The Morgan fingerprint density at radius 2 is 1.65 bits per heavy atom. The van der Waals surface area contributed by atoms with Crippen LogP contribution in [0.25, 0.3) is 11.3 Å². The van der Waals surface area contributed by atoms with Gasteiger partial charge < -0.3 is 9.64 Å². The summed E-state index contributed by atoms with van der Waals surface area (Å²) in [5.41, 5.74) is 4.70. The van der Waals surface area contributed by atoms with Gasteiger partial charge in [-0.1, -0.05) is 42.5 Å². The fraction of sp³-hybridized carbons (Fsp3) is 0.308. The van der Waals surface area contributed by atoms with E-state index < -0.39 is 0 Å². The summed E-state index contributed by atoms with van der Waals surface area (Å²) in [6.45, 7) is 8.68. The molecule has 0 unspecified atom stereocenters. The Hall–Kier alpha value is -3.18. The Morgan fingerprint density at radius 1 is 0.935 bits per heavy atom. The number of pyridine rings is 1. The first kappa shape index (κ1) is 21.1. The first-order valence-electron chi connectivity index (χ1n) is 10.9. The topological polar surface area (TPSA) is 45.7 Å². The van der Waals surface area contributed by atoms with Gasteiger partial charge in [-0.3, -0.25) is 14.7 Å². The lowest BCUT2D eigenvalue weighted by Gasteiger charge is -2.35. The quantitative estimate of drug-likeness (QED) is 0.598. The van der Waals surface area contributed by atoms with Gasteiger partial charge in [-0.2, -0.15) is 0 Å². The van der Waals surface area contributed by atoms with Gasteiger partial charge in [-0.25, -0.2) is 0 Å². The van der Waals surface area contributed by atoms with E-state index in [-0.39, 0.29) is 5.91 Å². The van der Waals surface area contributed by atoms with E-state index in [1.54, 1.807) is 0 Å². The van der Waals surface area contributed by atoms with Crippen LogP contribution in [0.15, 0.2) is 66.7 Å². The summed E-state index contributed by atoms with van der Waals surface area (Å²) in [6, 6.07) is 22.2. The van der Waals surface area contributed by atoms with Gasteiger partial charge in [0.2, 0.25) is 0 Å². The van der Waals surface area contributed by atoms with Crippen LogP contribution in [0.3, 0.4) is 0 Å². The molecule has 2 aromatic carbocycles. The van der Waals surface area contributed by atoms with E-state index in [0.29, 0.717) is 12.2 Å². The number of ether oxygens (including phenoxy) is 1. The molecule has 3 aromatic rings. The van der Waals surface area contributed by atoms with Gasteiger partial charge >= 0.3 is 0 Å². The Labute approximate surface area is 184 Å². The molecule has 2 heterocycles. The number of aromatic nitrogens is 1. The van der Waals surface area contributed by atoms with Crippen LogP contribution in [0.4, 0.5) is 0 Å². The monoisotopic (exact) mass is 415 g/mol. The minimum Gasteiger partial charge on any atom is -0.494 e. The second kappa shape index (κ2) is 9.75. The molecule has 1 fully saturated rings. The number of piperazine rings is 1. The minimum atomic E-state index is 0.0744. The van der Waals surface area contributed by atoms with Crippen molar-refractivity contribution in [1.29, 1.82) is 0 Å². The molecule has 5 nitrogen and oxygen atoms in total. The van der Waals surface area contributed by atoms with E-state index in [1.807, 2.05) is 73.3 Å². The molecule has 0 radical (unpaired) electrons. The smallest absolute Gasteiger partial charge is 0.255 e. The second-order valence-corrected chi connectivity index (χ2v) is 7.84. The van der Waals surface area contributed by atoms with Crippen molar-refractivity contribution in [3.8, 4) is 17.0 Å². The Balaban J connectivity index is 1.35. The fourth-order valence-electron chi connectivity index (χ4n) is 3.95. The van der Waals surface area contributed by atoms with Crippen LogP contribution in [-0.4, -0.2) is 53.5 Å². The summed E-state index contributed by atoms with van der Waals surface area (Å²) in [6.07, 6.45) is 0. The first-order valence-corrected chi connectivity index (χ1v) is 10.9. The maximum absolute atomic E-state index is 13.1. The fourth-order valence-corrected chi connectivity index (χ4v) is 3.95. The number of nitrogens with zero attached hydrogens (tertiary/aromatic N) is 3. The Kier molecular flexibility index (Phi) is 6.63. The number of carbonyl (C=O) groups is 1. The Morgan fingerprint density at radius 3 is 2.29 bits per heavy atom. The summed E-state index contributed by atoms with van der Waals surface area (Å²) < 4.78 is 5.51. The zero-order valence-electron chi connectivity index (χ0n) is 18.3. The molecule has 1 aliphatic heterocycles. The highest BCUT2D eigenvalue weighted by Crippen LogP contribution is 2.20. The van der Waals surface area contributed by atoms with Crippen LogP contribution in [-0.2, 0) is 6.54 Å². The number of carbonyl (C=O) groups excluding carboxylic acids is 1. The third kappa shape index (κ3) is 5.12. The Bertz CT molecular complexity index is 1010. The lowest BCUT2D eigenvalue weighted by Crippen LogP contribution is -2.48. The zero-order valence-corrected chi connectivity index (χ0v) is 18.3. The van der Waals surface area contributed by atoms with Crippen molar-refractivity contribution in [3.05, 3.63) is 83.6 Å². The van der Waals surface area contributed by atoms with Crippen molar-refractivity contribution < 1.29 is 9.53 Å².